The van der Waals surface area contributed by atoms with Crippen LogP contribution in [0.25, 0.3) is 0 Å². The van der Waals surface area contributed by atoms with Crippen LogP contribution >= 0.6 is 0 Å². The molecule has 5 nitrogen and oxygen atoms in total. The van der Waals surface area contributed by atoms with Crippen molar-refractivity contribution in [3.8, 4) is 5.75 Å². The summed E-state index contributed by atoms with van der Waals surface area (Å²) in [6, 6.07) is 19.9. The average molecular weight is 320 g/mol. The van der Waals surface area contributed by atoms with Crippen molar-refractivity contribution in [1.29, 1.82) is 0 Å². The van der Waals surface area contributed by atoms with E-state index in [9.17, 15) is 0 Å². The standard InChI is InChI=1S/C19H20N4O/c1-3-23(16-7-5-4-6-8-16)19-13-18(20-14-21-19)22-15-9-11-17(24-2)12-10-15/h4-14H,3H2,1-2H3,(H,20,21,22). The molecule has 0 saturated carbocycles. The zero-order chi connectivity index (χ0) is 16.8. The van der Waals surface area contributed by atoms with Crippen molar-refractivity contribution in [2.75, 3.05) is 23.9 Å². The van der Waals surface area contributed by atoms with Crippen LogP contribution in [0.1, 0.15) is 6.92 Å². The Morgan fingerprint density at radius 2 is 1.75 bits per heavy atom. The lowest BCUT2D eigenvalue weighted by Crippen LogP contribution is -2.17. The van der Waals surface area contributed by atoms with E-state index < -0.39 is 0 Å². The van der Waals surface area contributed by atoms with Gasteiger partial charge in [-0.3, -0.25) is 0 Å². The second-order valence-electron chi connectivity index (χ2n) is 5.19. The summed E-state index contributed by atoms with van der Waals surface area (Å²) >= 11 is 0. The lowest BCUT2D eigenvalue weighted by molar-refractivity contribution is 0.415. The third-order valence-electron chi connectivity index (χ3n) is 3.68. The zero-order valence-electron chi connectivity index (χ0n) is 13.8. The van der Waals surface area contributed by atoms with Crippen molar-refractivity contribution >= 4 is 23.0 Å². The number of benzene rings is 2. The lowest BCUT2D eigenvalue weighted by atomic mass is 10.2. The van der Waals surface area contributed by atoms with Crippen LogP contribution in [0.15, 0.2) is 67.0 Å². The van der Waals surface area contributed by atoms with Crippen LogP contribution in [0, 0.1) is 0 Å². The summed E-state index contributed by atoms with van der Waals surface area (Å²) in [6.45, 7) is 2.93. The Balaban J connectivity index is 1.82. The van der Waals surface area contributed by atoms with Crippen LogP contribution < -0.4 is 15.0 Å². The second kappa shape index (κ2) is 7.46. The molecule has 24 heavy (non-hydrogen) atoms. The minimum atomic E-state index is 0.750. The van der Waals surface area contributed by atoms with Gasteiger partial charge in [-0.1, -0.05) is 18.2 Å². The fraction of sp³-hybridized carbons (Fsp3) is 0.158. The van der Waals surface area contributed by atoms with E-state index in [1.807, 2.05) is 48.5 Å². The molecule has 2 aromatic carbocycles. The molecule has 0 bridgehead atoms. The smallest absolute Gasteiger partial charge is 0.138 e. The second-order valence-corrected chi connectivity index (χ2v) is 5.19. The Hall–Kier alpha value is -3.08. The maximum Gasteiger partial charge on any atom is 0.138 e. The quantitative estimate of drug-likeness (QED) is 0.730. The van der Waals surface area contributed by atoms with Crippen molar-refractivity contribution < 1.29 is 4.74 Å². The molecule has 3 aromatic rings. The highest BCUT2D eigenvalue weighted by molar-refractivity contribution is 5.65. The number of nitrogens with one attached hydrogen (secondary N) is 1. The molecule has 1 aromatic heterocycles. The Morgan fingerprint density at radius 1 is 1.00 bits per heavy atom. The summed E-state index contributed by atoms with van der Waals surface area (Å²) in [5.41, 5.74) is 2.05. The Morgan fingerprint density at radius 3 is 2.42 bits per heavy atom. The molecular formula is C19H20N4O. The average Bonchev–Trinajstić information content (AvgIpc) is 2.64. The summed E-state index contributed by atoms with van der Waals surface area (Å²) in [6.07, 6.45) is 1.58. The molecule has 0 aliphatic heterocycles. The number of ether oxygens (including phenoxy) is 1. The van der Waals surface area contributed by atoms with Gasteiger partial charge in [-0.25, -0.2) is 9.97 Å². The van der Waals surface area contributed by atoms with E-state index in [2.05, 4.69) is 39.2 Å². The number of methoxy groups -OCH3 is 1. The minimum absolute atomic E-state index is 0.750. The highest BCUT2D eigenvalue weighted by atomic mass is 16.5. The molecule has 3 rings (SSSR count). The van der Waals surface area contributed by atoms with Gasteiger partial charge >= 0.3 is 0 Å². The van der Waals surface area contributed by atoms with Gasteiger partial charge in [0.1, 0.15) is 23.7 Å². The van der Waals surface area contributed by atoms with E-state index in [0.717, 1.165) is 35.3 Å². The van der Waals surface area contributed by atoms with Crippen LogP contribution in [-0.2, 0) is 0 Å². The highest BCUT2D eigenvalue weighted by Crippen LogP contribution is 2.25. The minimum Gasteiger partial charge on any atom is -0.497 e. The highest BCUT2D eigenvalue weighted by Gasteiger charge is 2.09. The van der Waals surface area contributed by atoms with Crippen LogP contribution in [-0.4, -0.2) is 23.6 Å². The zero-order valence-corrected chi connectivity index (χ0v) is 13.8. The van der Waals surface area contributed by atoms with Gasteiger partial charge in [0.15, 0.2) is 0 Å². The first-order chi connectivity index (χ1) is 11.8. The summed E-state index contributed by atoms with van der Waals surface area (Å²) in [7, 11) is 1.65. The molecule has 0 amide bonds. The summed E-state index contributed by atoms with van der Waals surface area (Å²) < 4.78 is 5.17. The Kier molecular flexibility index (Phi) is 4.91. The number of para-hydroxylation sites is 1. The third kappa shape index (κ3) is 3.63. The van der Waals surface area contributed by atoms with Gasteiger partial charge in [-0.05, 0) is 43.3 Å². The monoisotopic (exact) mass is 320 g/mol. The molecule has 1 N–H and O–H groups in total. The molecule has 5 heteroatoms. The van der Waals surface area contributed by atoms with Crippen LogP contribution in [0.4, 0.5) is 23.0 Å². The Labute approximate surface area is 142 Å². The number of aromatic nitrogens is 2. The van der Waals surface area contributed by atoms with Crippen molar-refractivity contribution in [3.05, 3.63) is 67.0 Å². The van der Waals surface area contributed by atoms with E-state index in [-0.39, 0.29) is 0 Å². The molecule has 122 valence electrons. The molecule has 0 radical (unpaired) electrons. The first-order valence-electron chi connectivity index (χ1n) is 7.86. The fourth-order valence-corrected chi connectivity index (χ4v) is 2.47. The number of hydrogen-bond donors (Lipinski definition) is 1. The molecule has 0 atom stereocenters. The predicted molar refractivity (Wildman–Crippen MR) is 97.4 cm³/mol. The van der Waals surface area contributed by atoms with E-state index in [1.165, 1.54) is 0 Å². The lowest BCUT2D eigenvalue weighted by Gasteiger charge is -2.22. The first-order valence-corrected chi connectivity index (χ1v) is 7.86. The molecule has 0 fully saturated rings. The summed E-state index contributed by atoms with van der Waals surface area (Å²) in [4.78, 5) is 10.9. The summed E-state index contributed by atoms with van der Waals surface area (Å²) in [5, 5.41) is 3.29. The molecule has 1 heterocycles. The van der Waals surface area contributed by atoms with Gasteiger partial charge in [0, 0.05) is 24.0 Å². The van der Waals surface area contributed by atoms with E-state index in [1.54, 1.807) is 13.4 Å². The normalized spacial score (nSPS) is 10.2. The van der Waals surface area contributed by atoms with Crippen LogP contribution in [0.3, 0.4) is 0 Å². The maximum atomic E-state index is 5.17. The number of rotatable bonds is 6. The third-order valence-corrected chi connectivity index (χ3v) is 3.68. The molecular weight excluding hydrogens is 300 g/mol. The fourth-order valence-electron chi connectivity index (χ4n) is 2.47. The first kappa shape index (κ1) is 15.8. The maximum absolute atomic E-state index is 5.17. The molecule has 0 unspecified atom stereocenters. The molecule has 0 spiro atoms. The molecule has 0 aliphatic carbocycles. The van der Waals surface area contributed by atoms with E-state index >= 15 is 0 Å². The van der Waals surface area contributed by atoms with Gasteiger partial charge < -0.3 is 15.0 Å². The van der Waals surface area contributed by atoms with Crippen molar-refractivity contribution in [3.63, 3.8) is 0 Å². The van der Waals surface area contributed by atoms with Gasteiger partial charge in [0.25, 0.3) is 0 Å². The topological polar surface area (TPSA) is 50.3 Å². The van der Waals surface area contributed by atoms with Gasteiger partial charge in [0.05, 0.1) is 7.11 Å². The largest absolute Gasteiger partial charge is 0.497 e. The van der Waals surface area contributed by atoms with Crippen LogP contribution in [0.2, 0.25) is 0 Å². The van der Waals surface area contributed by atoms with Crippen LogP contribution in [0.5, 0.6) is 5.75 Å². The Bertz CT molecular complexity index is 775. The number of hydrogen-bond acceptors (Lipinski definition) is 5. The summed E-state index contributed by atoms with van der Waals surface area (Å²) in [5.74, 6) is 2.43. The molecule has 0 aliphatic rings. The van der Waals surface area contributed by atoms with Gasteiger partial charge in [-0.2, -0.15) is 0 Å². The predicted octanol–water partition coefficient (Wildman–Crippen LogP) is 4.39. The SMILES string of the molecule is CCN(c1ccccc1)c1cc(Nc2ccc(OC)cc2)ncn1. The number of anilines is 4. The van der Waals surface area contributed by atoms with Crippen molar-refractivity contribution in [2.45, 2.75) is 6.92 Å². The molecule has 0 saturated heterocycles. The van der Waals surface area contributed by atoms with Gasteiger partial charge in [-0.15, -0.1) is 0 Å². The van der Waals surface area contributed by atoms with E-state index in [0.29, 0.717) is 0 Å². The van der Waals surface area contributed by atoms with Crippen molar-refractivity contribution in [2.24, 2.45) is 0 Å². The number of nitrogens with zero attached hydrogens (tertiary/aromatic N) is 3. The van der Waals surface area contributed by atoms with Crippen molar-refractivity contribution in [1.82, 2.24) is 9.97 Å². The van der Waals surface area contributed by atoms with E-state index in [4.69, 9.17) is 4.74 Å². The van der Waals surface area contributed by atoms with Gasteiger partial charge in [0.2, 0.25) is 0 Å².